The van der Waals surface area contributed by atoms with E-state index >= 15 is 0 Å². The summed E-state index contributed by atoms with van der Waals surface area (Å²) in [6.45, 7) is 8.87. The molecule has 0 heterocycles. The van der Waals surface area contributed by atoms with Crippen molar-refractivity contribution in [2.75, 3.05) is 0 Å². The number of hydrogen-bond acceptors (Lipinski definition) is 4. The maximum Gasteiger partial charge on any atom is 0.319 e. The first-order chi connectivity index (χ1) is 19.0. The first kappa shape index (κ1) is 38.7. The highest BCUT2D eigenvalue weighted by atomic mass is 16.4. The van der Waals surface area contributed by atoms with Gasteiger partial charge >= 0.3 is 23.9 Å². The third-order valence-corrected chi connectivity index (χ3v) is 6.41. The van der Waals surface area contributed by atoms with E-state index in [9.17, 15) is 29.4 Å². The summed E-state index contributed by atoms with van der Waals surface area (Å²) in [5.41, 5.74) is -3.36. The van der Waals surface area contributed by atoms with Crippen molar-refractivity contribution < 1.29 is 39.6 Å². The Hall–Kier alpha value is -3.42. The normalized spacial score (nSPS) is 15.7. The highest BCUT2D eigenvalue weighted by Gasteiger charge is 2.55. The van der Waals surface area contributed by atoms with Crippen molar-refractivity contribution in [3.63, 3.8) is 0 Å². The van der Waals surface area contributed by atoms with Crippen molar-refractivity contribution in [1.82, 2.24) is 0 Å². The van der Waals surface area contributed by atoms with Crippen molar-refractivity contribution in [3.05, 3.63) is 60.8 Å². The third-order valence-electron chi connectivity index (χ3n) is 6.41. The second-order valence-electron chi connectivity index (χ2n) is 9.58. The van der Waals surface area contributed by atoms with Crippen LogP contribution in [0.5, 0.6) is 0 Å². The Balaban J connectivity index is 0. The van der Waals surface area contributed by atoms with E-state index < -0.39 is 40.6 Å². The van der Waals surface area contributed by atoms with E-state index in [1.165, 1.54) is 68.9 Å². The topological polar surface area (TPSA) is 149 Å². The smallest absolute Gasteiger partial charge is 0.319 e. The highest BCUT2D eigenvalue weighted by Crippen LogP contribution is 2.46. The lowest BCUT2D eigenvalue weighted by molar-refractivity contribution is -0.158. The molecule has 0 aromatic carbocycles. The number of carboxylic acids is 4. The van der Waals surface area contributed by atoms with E-state index in [2.05, 4.69) is 6.92 Å². The van der Waals surface area contributed by atoms with Gasteiger partial charge in [-0.1, -0.05) is 113 Å². The van der Waals surface area contributed by atoms with Crippen LogP contribution in [0.1, 0.15) is 98.8 Å². The molecule has 0 aliphatic carbocycles. The molecule has 226 valence electrons. The molecule has 4 N–H and O–H groups in total. The minimum Gasteiger partial charge on any atom is -0.481 e. The molecule has 0 fully saturated rings. The van der Waals surface area contributed by atoms with Gasteiger partial charge in [-0.15, -0.1) is 0 Å². The summed E-state index contributed by atoms with van der Waals surface area (Å²) in [5.74, 6) is -5.48. The number of unbranched alkanes of at least 4 members (excludes halogenated alkanes) is 8. The molecule has 0 aliphatic rings. The Bertz CT molecular complexity index is 840. The quantitative estimate of drug-likeness (QED) is 0.0871. The molecule has 0 saturated heterocycles. The van der Waals surface area contributed by atoms with E-state index in [1.54, 1.807) is 58.1 Å². The summed E-state index contributed by atoms with van der Waals surface area (Å²) in [6, 6.07) is 0. The maximum absolute atomic E-state index is 11.9. The van der Waals surface area contributed by atoms with Gasteiger partial charge in [-0.25, -0.2) is 0 Å². The molecule has 1 atom stereocenters. The van der Waals surface area contributed by atoms with Crippen molar-refractivity contribution in [1.29, 1.82) is 0 Å². The van der Waals surface area contributed by atoms with Crippen LogP contribution < -0.4 is 0 Å². The minimum absolute atomic E-state index is 0.344. The van der Waals surface area contributed by atoms with Crippen LogP contribution in [0, 0.1) is 16.7 Å². The number of hydrogen-bond donors (Lipinski definition) is 4. The molecule has 0 aliphatic heterocycles. The fraction of sp³-hybridized carbons (Fsp3) is 0.562. The summed E-state index contributed by atoms with van der Waals surface area (Å²) in [4.78, 5) is 45.0. The van der Waals surface area contributed by atoms with Gasteiger partial charge in [0.05, 0.1) is 12.3 Å². The molecule has 0 aromatic heterocycles. The van der Waals surface area contributed by atoms with Crippen LogP contribution in [0.3, 0.4) is 0 Å². The van der Waals surface area contributed by atoms with Crippen LogP contribution in [-0.2, 0) is 19.2 Å². The Kier molecular flexibility index (Phi) is 21.7. The number of aliphatic carboxylic acids is 4. The molecule has 0 saturated carbocycles. The second-order valence-corrected chi connectivity index (χ2v) is 9.58. The summed E-state index contributed by atoms with van der Waals surface area (Å²) in [5, 5.41) is 36.8. The van der Waals surface area contributed by atoms with Gasteiger partial charge in [0.15, 0.2) is 0 Å². The Labute approximate surface area is 239 Å². The zero-order valence-corrected chi connectivity index (χ0v) is 24.8. The average molecular weight is 563 g/mol. The molecule has 8 nitrogen and oxygen atoms in total. The summed E-state index contributed by atoms with van der Waals surface area (Å²) in [7, 11) is 0. The molecular weight excluding hydrogens is 512 g/mol. The second kappa shape index (κ2) is 22.4. The molecule has 1 unspecified atom stereocenters. The molecule has 0 radical (unpaired) electrons. The third kappa shape index (κ3) is 13.6. The largest absolute Gasteiger partial charge is 0.481 e. The number of allylic oxidation sites excluding steroid dienone is 5. The molecule has 0 spiro atoms. The van der Waals surface area contributed by atoms with E-state index in [4.69, 9.17) is 10.2 Å². The van der Waals surface area contributed by atoms with Crippen molar-refractivity contribution >= 4 is 23.9 Å². The lowest BCUT2D eigenvalue weighted by Gasteiger charge is -2.37. The van der Waals surface area contributed by atoms with E-state index in [1.807, 2.05) is 0 Å². The zero-order valence-electron chi connectivity index (χ0n) is 24.8. The molecule has 0 bridgehead atoms. The Morgan fingerprint density at radius 1 is 0.625 bits per heavy atom. The first-order valence-electron chi connectivity index (χ1n) is 14.1. The van der Waals surface area contributed by atoms with Crippen molar-refractivity contribution in [2.45, 2.75) is 98.8 Å². The van der Waals surface area contributed by atoms with Crippen molar-refractivity contribution in [2.24, 2.45) is 16.7 Å². The van der Waals surface area contributed by atoms with E-state index in [0.717, 1.165) is 19.3 Å². The Morgan fingerprint density at radius 2 is 1.00 bits per heavy atom. The molecule has 0 aromatic rings. The van der Waals surface area contributed by atoms with Crippen LogP contribution in [0.25, 0.3) is 0 Å². The van der Waals surface area contributed by atoms with Gasteiger partial charge in [-0.05, 0) is 40.5 Å². The van der Waals surface area contributed by atoms with Gasteiger partial charge in [0.25, 0.3) is 0 Å². The molecular formula is C32H50O8. The predicted octanol–water partition coefficient (Wildman–Crippen LogP) is 7.68. The van der Waals surface area contributed by atoms with Gasteiger partial charge < -0.3 is 20.4 Å². The fourth-order valence-corrected chi connectivity index (χ4v) is 4.44. The molecule has 8 heteroatoms. The summed E-state index contributed by atoms with van der Waals surface area (Å²) >= 11 is 0. The predicted molar refractivity (Wildman–Crippen MR) is 159 cm³/mol. The molecule has 40 heavy (non-hydrogen) atoms. The summed E-state index contributed by atoms with van der Waals surface area (Å²) < 4.78 is 0. The molecule has 0 amide bonds. The SMILES string of the molecule is CC=CC(C=CC)(C(=O)O)C(C=CC)(C=CC)C(=O)O.CCCCCCCCCCC=CC(CC(=O)O)C(=O)O. The lowest BCUT2D eigenvalue weighted by atomic mass is 9.62. The van der Waals surface area contributed by atoms with E-state index in [-0.39, 0.29) is 6.42 Å². The van der Waals surface area contributed by atoms with Crippen LogP contribution in [0.4, 0.5) is 0 Å². The summed E-state index contributed by atoms with van der Waals surface area (Å²) in [6.07, 6.45) is 25.6. The minimum atomic E-state index is -1.68. The fourth-order valence-electron chi connectivity index (χ4n) is 4.44. The average Bonchev–Trinajstić information content (AvgIpc) is 2.88. The van der Waals surface area contributed by atoms with Crippen LogP contribution in [0.15, 0.2) is 60.8 Å². The van der Waals surface area contributed by atoms with Crippen LogP contribution >= 0.6 is 0 Å². The van der Waals surface area contributed by atoms with E-state index in [0.29, 0.717) is 0 Å². The zero-order chi connectivity index (χ0) is 31.0. The standard InChI is InChI=1S/C16H22O4.C16H28O4/c1-5-9-15(10-6-2,13(17)18)16(11-7-3,12-8-4)14(19)20;1-2-3-4-5-6-7-8-9-10-11-12-14(16(19)20)13-15(17)18/h5-12H,1-4H3,(H,17,18)(H,19,20);11-12,14H,2-10,13H2,1H3,(H,17,18)(H,19,20). The monoisotopic (exact) mass is 562 g/mol. The van der Waals surface area contributed by atoms with Gasteiger partial charge in [-0.2, -0.15) is 0 Å². The van der Waals surface area contributed by atoms with Gasteiger partial charge in [0.2, 0.25) is 0 Å². The Morgan fingerprint density at radius 3 is 1.30 bits per heavy atom. The number of rotatable bonds is 20. The van der Waals surface area contributed by atoms with Gasteiger partial charge in [-0.3, -0.25) is 19.2 Å². The highest BCUT2D eigenvalue weighted by molar-refractivity contribution is 5.93. The van der Waals surface area contributed by atoms with Crippen LogP contribution in [0.2, 0.25) is 0 Å². The van der Waals surface area contributed by atoms with Crippen molar-refractivity contribution in [3.8, 4) is 0 Å². The molecule has 0 rings (SSSR count). The van der Waals surface area contributed by atoms with Gasteiger partial charge in [0.1, 0.15) is 10.8 Å². The van der Waals surface area contributed by atoms with Gasteiger partial charge in [0, 0.05) is 0 Å². The lowest BCUT2D eigenvalue weighted by Crippen LogP contribution is -2.48. The maximum atomic E-state index is 11.9. The number of carboxylic acid groups (broad SMARTS) is 4. The van der Waals surface area contributed by atoms with Crippen LogP contribution in [-0.4, -0.2) is 44.3 Å². The number of carbonyl (C=O) groups is 4. The first-order valence-corrected chi connectivity index (χ1v) is 14.1.